The normalized spacial score (nSPS) is 15.0. The molecule has 8 nitrogen and oxygen atoms in total. The van der Waals surface area contributed by atoms with Gasteiger partial charge in [0.25, 0.3) is 0 Å². The minimum absolute atomic E-state index is 0.0535. The lowest BCUT2D eigenvalue weighted by atomic mass is 9.98. The topological polar surface area (TPSA) is 79.8 Å². The van der Waals surface area contributed by atoms with Gasteiger partial charge in [0.2, 0.25) is 5.95 Å². The van der Waals surface area contributed by atoms with E-state index in [9.17, 15) is 4.79 Å². The summed E-state index contributed by atoms with van der Waals surface area (Å²) >= 11 is 0. The van der Waals surface area contributed by atoms with Crippen molar-refractivity contribution in [2.75, 3.05) is 61.6 Å². The average molecular weight is 622 g/mol. The molecule has 9 heteroatoms. The van der Waals surface area contributed by atoms with Crippen LogP contribution < -0.4 is 19.9 Å². The number of ketones is 1. The van der Waals surface area contributed by atoms with Crippen LogP contribution in [0.5, 0.6) is 5.75 Å². The van der Waals surface area contributed by atoms with Crippen molar-refractivity contribution in [2.24, 2.45) is 0 Å². The second-order valence-electron chi connectivity index (χ2n) is 11.7. The van der Waals surface area contributed by atoms with Crippen molar-refractivity contribution in [1.82, 2.24) is 9.97 Å². The van der Waals surface area contributed by atoms with Crippen LogP contribution in [0, 0.1) is 5.82 Å². The van der Waals surface area contributed by atoms with E-state index >= 15 is 4.39 Å². The van der Waals surface area contributed by atoms with Crippen molar-refractivity contribution in [2.45, 2.75) is 32.1 Å². The number of methoxy groups -OCH3 is 1. The molecule has 4 aromatic rings. The van der Waals surface area contributed by atoms with Crippen LogP contribution in [0.4, 0.5) is 27.4 Å². The molecular weight excluding hydrogens is 581 g/mol. The minimum Gasteiger partial charge on any atom is -0.495 e. The molecule has 6 rings (SSSR count). The van der Waals surface area contributed by atoms with E-state index in [0.29, 0.717) is 50.1 Å². The summed E-state index contributed by atoms with van der Waals surface area (Å²) in [6.45, 7) is 8.12. The molecule has 0 radical (unpaired) electrons. The molecule has 1 N–H and O–H groups in total. The molecule has 0 saturated carbocycles. The zero-order chi connectivity index (χ0) is 31.9. The monoisotopic (exact) mass is 621 g/mol. The van der Waals surface area contributed by atoms with Crippen molar-refractivity contribution >= 4 is 28.8 Å². The van der Waals surface area contributed by atoms with Crippen LogP contribution in [0.3, 0.4) is 0 Å². The highest BCUT2D eigenvalue weighted by Crippen LogP contribution is 2.34. The Labute approximate surface area is 269 Å². The van der Waals surface area contributed by atoms with Gasteiger partial charge in [0.1, 0.15) is 11.6 Å². The van der Waals surface area contributed by atoms with Crippen molar-refractivity contribution < 1.29 is 18.7 Å². The van der Waals surface area contributed by atoms with E-state index in [4.69, 9.17) is 14.5 Å². The lowest BCUT2D eigenvalue weighted by Gasteiger charge is -2.30. The number of anilines is 4. The van der Waals surface area contributed by atoms with Gasteiger partial charge in [-0.2, -0.15) is 0 Å². The molecule has 0 amide bonds. The summed E-state index contributed by atoms with van der Waals surface area (Å²) in [5, 5.41) is 3.40. The third kappa shape index (κ3) is 7.37. The van der Waals surface area contributed by atoms with E-state index in [1.807, 2.05) is 53.4 Å². The van der Waals surface area contributed by atoms with E-state index in [1.165, 1.54) is 12.5 Å². The predicted octanol–water partition coefficient (Wildman–Crippen LogP) is 6.75. The smallest absolute Gasteiger partial charge is 0.227 e. The number of hydrogen-bond donors (Lipinski definition) is 1. The van der Waals surface area contributed by atoms with E-state index in [0.717, 1.165) is 65.3 Å². The number of benzene rings is 3. The Hall–Kier alpha value is -4.76. The van der Waals surface area contributed by atoms with Gasteiger partial charge >= 0.3 is 0 Å². The van der Waals surface area contributed by atoms with Crippen molar-refractivity contribution in [3.8, 4) is 17.0 Å². The number of morpholine rings is 1. The van der Waals surface area contributed by atoms with Crippen LogP contribution in [-0.2, 0) is 22.4 Å². The van der Waals surface area contributed by atoms with Gasteiger partial charge in [-0.1, -0.05) is 30.8 Å². The molecule has 3 aromatic carbocycles. The Bertz CT molecular complexity index is 1700. The highest BCUT2D eigenvalue weighted by Gasteiger charge is 2.19. The maximum atomic E-state index is 15.3. The number of nitrogens with one attached hydrogen (secondary N) is 1. The first-order chi connectivity index (χ1) is 22.5. The summed E-state index contributed by atoms with van der Waals surface area (Å²) in [6, 6.07) is 19.2. The van der Waals surface area contributed by atoms with Crippen molar-refractivity contribution in [3.05, 3.63) is 102 Å². The lowest BCUT2D eigenvalue weighted by molar-refractivity contribution is -0.114. The van der Waals surface area contributed by atoms with Crippen LogP contribution in [0.25, 0.3) is 11.3 Å². The number of nitrogens with zero attached hydrogens (tertiary/aromatic N) is 4. The molecule has 0 atom stereocenters. The highest BCUT2D eigenvalue weighted by atomic mass is 19.1. The number of carbonyl (C=O) groups excluding carboxylic acids is 1. The van der Waals surface area contributed by atoms with Gasteiger partial charge in [0.05, 0.1) is 37.4 Å². The van der Waals surface area contributed by atoms with Gasteiger partial charge < -0.3 is 24.6 Å². The summed E-state index contributed by atoms with van der Waals surface area (Å²) < 4.78 is 26.4. The summed E-state index contributed by atoms with van der Waals surface area (Å²) in [4.78, 5) is 26.2. The lowest BCUT2D eigenvalue weighted by Crippen LogP contribution is -2.36. The number of carbonyl (C=O) groups is 1. The number of piperidine rings is 1. The third-order valence-electron chi connectivity index (χ3n) is 8.56. The Morgan fingerprint density at radius 3 is 2.54 bits per heavy atom. The summed E-state index contributed by atoms with van der Waals surface area (Å²) in [6.07, 6.45) is 7.39. The van der Waals surface area contributed by atoms with Crippen LogP contribution in [0.2, 0.25) is 0 Å². The van der Waals surface area contributed by atoms with Crippen LogP contribution in [0.1, 0.15) is 36.0 Å². The van der Waals surface area contributed by atoms with E-state index in [1.54, 1.807) is 19.4 Å². The predicted molar refractivity (Wildman–Crippen MR) is 181 cm³/mol. The van der Waals surface area contributed by atoms with Gasteiger partial charge in [-0.25, -0.2) is 14.4 Å². The average Bonchev–Trinajstić information content (AvgIpc) is 3.10. The molecular formula is C37H40FN5O3. The molecule has 2 aliphatic rings. The Balaban J connectivity index is 1.32. The second-order valence-corrected chi connectivity index (χ2v) is 11.7. The maximum Gasteiger partial charge on any atom is 0.227 e. The van der Waals surface area contributed by atoms with Crippen molar-refractivity contribution in [3.63, 3.8) is 0 Å². The number of ether oxygens (including phenoxy) is 2. The van der Waals surface area contributed by atoms with Crippen LogP contribution in [0.15, 0.2) is 79.5 Å². The van der Waals surface area contributed by atoms with Crippen LogP contribution >= 0.6 is 0 Å². The maximum absolute atomic E-state index is 15.3. The molecule has 2 aliphatic heterocycles. The van der Waals surface area contributed by atoms with E-state index in [2.05, 4.69) is 27.8 Å². The Morgan fingerprint density at radius 1 is 0.978 bits per heavy atom. The van der Waals surface area contributed by atoms with E-state index in [-0.39, 0.29) is 18.0 Å². The van der Waals surface area contributed by atoms with Gasteiger partial charge in [0.15, 0.2) is 5.78 Å². The molecule has 1 aromatic heterocycles. The van der Waals surface area contributed by atoms with Crippen LogP contribution in [-0.4, -0.2) is 62.3 Å². The number of hydrogen-bond acceptors (Lipinski definition) is 8. The van der Waals surface area contributed by atoms with Gasteiger partial charge in [-0.3, -0.25) is 4.79 Å². The van der Waals surface area contributed by atoms with Gasteiger partial charge in [-0.15, -0.1) is 0 Å². The quantitative estimate of drug-likeness (QED) is 0.184. The molecule has 0 bridgehead atoms. The minimum atomic E-state index is -0.255. The second kappa shape index (κ2) is 14.6. The zero-order valence-electron chi connectivity index (χ0n) is 26.3. The van der Waals surface area contributed by atoms with E-state index < -0.39 is 0 Å². The molecule has 0 spiro atoms. The first-order valence-corrected chi connectivity index (χ1v) is 15.9. The number of halogens is 1. The Morgan fingerprint density at radius 2 is 1.78 bits per heavy atom. The fourth-order valence-electron chi connectivity index (χ4n) is 6.17. The first kappa shape index (κ1) is 31.2. The molecule has 2 fully saturated rings. The fourth-order valence-corrected chi connectivity index (χ4v) is 6.17. The molecule has 238 valence electrons. The fraction of sp³-hybridized carbons (Fsp3) is 0.324. The van der Waals surface area contributed by atoms with Crippen molar-refractivity contribution in [1.29, 1.82) is 0 Å². The number of aromatic nitrogens is 2. The standard InChI is InChI=1S/C37H40FN5O3/c1-3-31(44)22-26-8-7-9-28(20-26)36-29(21-27-10-12-33(32(38)23-27)43-16-18-46-19-17-43)25-39-37(41-36)40-30-11-13-35(45-2)34(24-30)42-14-5-4-6-15-42/h3,7-13,20,23-25H,1,4-6,14-19,21-22H2,2H3,(H,39,40,41). The highest BCUT2D eigenvalue weighted by molar-refractivity contribution is 5.91. The summed E-state index contributed by atoms with van der Waals surface area (Å²) in [5.41, 5.74) is 6.59. The van der Waals surface area contributed by atoms with Gasteiger partial charge in [0, 0.05) is 62.0 Å². The Kier molecular flexibility index (Phi) is 9.88. The first-order valence-electron chi connectivity index (χ1n) is 15.9. The number of rotatable bonds is 11. The molecule has 0 unspecified atom stereocenters. The SMILES string of the molecule is C=CC(=O)Cc1cccc(-c2nc(Nc3ccc(OC)c(N4CCCCC4)c3)ncc2Cc2ccc(N3CCOCC3)c(F)c2)c1. The summed E-state index contributed by atoms with van der Waals surface area (Å²) in [5.74, 6) is 0.966. The van der Waals surface area contributed by atoms with Gasteiger partial charge in [-0.05, 0) is 72.9 Å². The number of allylic oxidation sites excluding steroid dienone is 1. The molecule has 3 heterocycles. The molecule has 2 saturated heterocycles. The molecule has 0 aliphatic carbocycles. The zero-order valence-corrected chi connectivity index (χ0v) is 26.3. The molecule has 46 heavy (non-hydrogen) atoms. The third-order valence-corrected chi connectivity index (χ3v) is 8.56. The largest absolute Gasteiger partial charge is 0.495 e. The summed E-state index contributed by atoms with van der Waals surface area (Å²) in [7, 11) is 1.70.